The predicted octanol–water partition coefficient (Wildman–Crippen LogP) is 2.72. The molecule has 1 saturated heterocycles. The van der Waals surface area contributed by atoms with Crippen molar-refractivity contribution in [3.8, 4) is 0 Å². The van der Waals surface area contributed by atoms with E-state index in [-0.39, 0.29) is 36.2 Å². The number of nitrogens with two attached hydrogens (primary N) is 1. The van der Waals surface area contributed by atoms with E-state index < -0.39 is 0 Å². The molecule has 1 heterocycles. The van der Waals surface area contributed by atoms with E-state index in [9.17, 15) is 9.59 Å². The Hall–Kier alpha value is -1.59. The van der Waals surface area contributed by atoms with Crippen molar-refractivity contribution in [2.45, 2.75) is 52.1 Å². The Morgan fingerprint density at radius 3 is 2.20 bits per heavy atom. The van der Waals surface area contributed by atoms with Crippen LogP contribution in [0.25, 0.3) is 0 Å². The first-order valence-corrected chi connectivity index (χ1v) is 8.97. The summed E-state index contributed by atoms with van der Waals surface area (Å²) in [5.41, 5.74) is 7.24. The number of hydrogen-bond donors (Lipinski definition) is 2. The van der Waals surface area contributed by atoms with E-state index in [1.165, 1.54) is 0 Å². The predicted molar refractivity (Wildman–Crippen MR) is 103 cm³/mol. The highest BCUT2D eigenvalue weighted by Crippen LogP contribution is 2.17. The lowest BCUT2D eigenvalue weighted by atomic mass is 9.98. The number of halogens is 1. The Labute approximate surface area is 156 Å². The maximum absolute atomic E-state index is 12.4. The Balaban J connectivity index is 0.00000312. The van der Waals surface area contributed by atoms with Crippen molar-refractivity contribution in [2.24, 2.45) is 11.7 Å². The molecule has 0 aromatic heterocycles. The number of benzene rings is 1. The van der Waals surface area contributed by atoms with Gasteiger partial charge in [0, 0.05) is 37.2 Å². The Kier molecular flexibility index (Phi) is 8.93. The van der Waals surface area contributed by atoms with Gasteiger partial charge in [-0.25, -0.2) is 0 Å². The number of nitrogens with zero attached hydrogens (tertiary/aromatic N) is 1. The molecule has 0 bridgehead atoms. The summed E-state index contributed by atoms with van der Waals surface area (Å²) in [5, 5.41) is 3.08. The molecule has 5 nitrogen and oxygen atoms in total. The largest absolute Gasteiger partial charge is 0.349 e. The fourth-order valence-electron chi connectivity index (χ4n) is 3.20. The first kappa shape index (κ1) is 21.5. The van der Waals surface area contributed by atoms with Gasteiger partial charge in [0.2, 0.25) is 5.91 Å². The van der Waals surface area contributed by atoms with Crippen LogP contribution in [0.2, 0.25) is 0 Å². The van der Waals surface area contributed by atoms with Crippen LogP contribution >= 0.6 is 12.4 Å². The van der Waals surface area contributed by atoms with E-state index in [0.717, 1.165) is 44.3 Å². The number of carbonyl (C=O) groups is 2. The third kappa shape index (κ3) is 5.72. The highest BCUT2D eigenvalue weighted by molar-refractivity contribution is 5.94. The zero-order chi connectivity index (χ0) is 17.5. The molecule has 1 aromatic carbocycles. The highest BCUT2D eigenvalue weighted by Gasteiger charge is 2.27. The van der Waals surface area contributed by atoms with Crippen LogP contribution in [-0.4, -0.2) is 35.8 Å². The molecule has 0 unspecified atom stereocenters. The number of likely N-dealkylation sites (tertiary alicyclic amines) is 1. The van der Waals surface area contributed by atoms with Crippen LogP contribution in [0, 0.1) is 5.92 Å². The number of rotatable bonds is 6. The zero-order valence-corrected chi connectivity index (χ0v) is 16.0. The van der Waals surface area contributed by atoms with Gasteiger partial charge in [-0.1, -0.05) is 26.0 Å². The standard InChI is InChI=1S/C19H29N3O2.ClH/c1-3-15(4-2)19(24)22-11-9-17(10-12-22)21-18(23)16-7-5-14(13-20)6-8-16;/h5-8,15,17H,3-4,9-13,20H2,1-2H3,(H,21,23);1H. The average Bonchev–Trinajstić information content (AvgIpc) is 2.63. The average molecular weight is 368 g/mol. The SMILES string of the molecule is CCC(CC)C(=O)N1CCC(NC(=O)c2ccc(CN)cc2)CC1.Cl. The van der Waals surface area contributed by atoms with Crippen LogP contribution in [0.3, 0.4) is 0 Å². The van der Waals surface area contributed by atoms with Crippen molar-refractivity contribution in [3.05, 3.63) is 35.4 Å². The molecule has 1 aliphatic heterocycles. The molecule has 2 amide bonds. The Morgan fingerprint density at radius 2 is 1.72 bits per heavy atom. The normalized spacial score (nSPS) is 15.0. The lowest BCUT2D eigenvalue weighted by molar-refractivity contribution is -0.136. The van der Waals surface area contributed by atoms with E-state index >= 15 is 0 Å². The van der Waals surface area contributed by atoms with Gasteiger partial charge >= 0.3 is 0 Å². The summed E-state index contributed by atoms with van der Waals surface area (Å²) in [6.45, 7) is 6.06. The van der Waals surface area contributed by atoms with E-state index in [4.69, 9.17) is 5.73 Å². The number of amides is 2. The summed E-state index contributed by atoms with van der Waals surface area (Å²) >= 11 is 0. The van der Waals surface area contributed by atoms with Gasteiger partial charge in [0.1, 0.15) is 0 Å². The molecule has 0 saturated carbocycles. The first-order chi connectivity index (χ1) is 11.6. The lowest BCUT2D eigenvalue weighted by Crippen LogP contribution is -2.48. The number of nitrogens with one attached hydrogen (secondary N) is 1. The second-order valence-corrected chi connectivity index (χ2v) is 6.49. The van der Waals surface area contributed by atoms with Gasteiger partial charge in [0.25, 0.3) is 5.91 Å². The molecular weight excluding hydrogens is 338 g/mol. The molecule has 0 radical (unpaired) electrons. The molecule has 2 rings (SSSR count). The minimum Gasteiger partial charge on any atom is -0.349 e. The third-order valence-corrected chi connectivity index (χ3v) is 4.93. The quantitative estimate of drug-likeness (QED) is 0.811. The van der Waals surface area contributed by atoms with Crippen molar-refractivity contribution in [2.75, 3.05) is 13.1 Å². The van der Waals surface area contributed by atoms with Gasteiger partial charge < -0.3 is 16.0 Å². The van der Waals surface area contributed by atoms with Crippen LogP contribution in [0.15, 0.2) is 24.3 Å². The minimum absolute atomic E-state index is 0. The second-order valence-electron chi connectivity index (χ2n) is 6.49. The summed E-state index contributed by atoms with van der Waals surface area (Å²) in [5.74, 6) is 0.350. The number of hydrogen-bond acceptors (Lipinski definition) is 3. The lowest BCUT2D eigenvalue weighted by Gasteiger charge is -2.34. The van der Waals surface area contributed by atoms with Crippen molar-refractivity contribution in [1.82, 2.24) is 10.2 Å². The van der Waals surface area contributed by atoms with E-state index in [0.29, 0.717) is 12.1 Å². The summed E-state index contributed by atoms with van der Waals surface area (Å²) in [4.78, 5) is 26.7. The smallest absolute Gasteiger partial charge is 0.251 e. The van der Waals surface area contributed by atoms with E-state index in [2.05, 4.69) is 19.2 Å². The summed E-state index contributed by atoms with van der Waals surface area (Å²) in [7, 11) is 0. The molecule has 140 valence electrons. The van der Waals surface area contributed by atoms with Crippen molar-refractivity contribution < 1.29 is 9.59 Å². The second kappa shape index (κ2) is 10.4. The monoisotopic (exact) mass is 367 g/mol. The molecule has 6 heteroatoms. The fourth-order valence-corrected chi connectivity index (χ4v) is 3.20. The van der Waals surface area contributed by atoms with Gasteiger partial charge in [-0.05, 0) is 43.4 Å². The maximum Gasteiger partial charge on any atom is 0.251 e. The number of piperidine rings is 1. The highest BCUT2D eigenvalue weighted by atomic mass is 35.5. The van der Waals surface area contributed by atoms with Crippen molar-refractivity contribution in [1.29, 1.82) is 0 Å². The maximum atomic E-state index is 12.4. The molecule has 1 aromatic rings. The molecular formula is C19H30ClN3O2. The molecule has 25 heavy (non-hydrogen) atoms. The molecule has 0 spiro atoms. The van der Waals surface area contributed by atoms with Gasteiger partial charge in [-0.2, -0.15) is 0 Å². The summed E-state index contributed by atoms with van der Waals surface area (Å²) in [6, 6.07) is 7.52. The van der Waals surface area contributed by atoms with Gasteiger partial charge in [0.15, 0.2) is 0 Å². The van der Waals surface area contributed by atoms with E-state index in [1.807, 2.05) is 29.2 Å². The molecule has 1 aliphatic rings. The van der Waals surface area contributed by atoms with Crippen LogP contribution in [0.5, 0.6) is 0 Å². The molecule has 0 aliphatic carbocycles. The topological polar surface area (TPSA) is 75.4 Å². The molecule has 0 atom stereocenters. The Bertz CT molecular complexity index is 550. The fraction of sp³-hybridized carbons (Fsp3) is 0.579. The van der Waals surface area contributed by atoms with Crippen LogP contribution in [0.4, 0.5) is 0 Å². The number of carbonyl (C=O) groups excluding carboxylic acids is 2. The first-order valence-electron chi connectivity index (χ1n) is 8.97. The molecule has 3 N–H and O–H groups in total. The Morgan fingerprint density at radius 1 is 1.16 bits per heavy atom. The van der Waals surface area contributed by atoms with Gasteiger partial charge in [-0.3, -0.25) is 9.59 Å². The molecule has 1 fully saturated rings. The minimum atomic E-state index is -0.0525. The van der Waals surface area contributed by atoms with E-state index in [1.54, 1.807) is 0 Å². The third-order valence-electron chi connectivity index (χ3n) is 4.93. The van der Waals surface area contributed by atoms with Crippen LogP contribution < -0.4 is 11.1 Å². The zero-order valence-electron chi connectivity index (χ0n) is 15.2. The van der Waals surface area contributed by atoms with Crippen LogP contribution in [-0.2, 0) is 11.3 Å². The summed E-state index contributed by atoms with van der Waals surface area (Å²) in [6.07, 6.45) is 3.42. The van der Waals surface area contributed by atoms with Gasteiger partial charge in [0.05, 0.1) is 0 Å². The van der Waals surface area contributed by atoms with Crippen molar-refractivity contribution >= 4 is 24.2 Å². The van der Waals surface area contributed by atoms with Crippen molar-refractivity contribution in [3.63, 3.8) is 0 Å². The summed E-state index contributed by atoms with van der Waals surface area (Å²) < 4.78 is 0. The van der Waals surface area contributed by atoms with Gasteiger partial charge in [-0.15, -0.1) is 12.4 Å². The van der Waals surface area contributed by atoms with Crippen LogP contribution in [0.1, 0.15) is 55.5 Å².